The number of guanidine groups is 1. The van der Waals surface area contributed by atoms with Gasteiger partial charge >= 0.3 is 0 Å². The summed E-state index contributed by atoms with van der Waals surface area (Å²) in [5, 5.41) is 15.6. The zero-order valence-corrected chi connectivity index (χ0v) is 18.3. The van der Waals surface area contributed by atoms with Crippen molar-refractivity contribution in [1.82, 2.24) is 25.4 Å². The van der Waals surface area contributed by atoms with E-state index in [1.54, 1.807) is 0 Å². The summed E-state index contributed by atoms with van der Waals surface area (Å²) in [5.74, 6) is 3.20. The van der Waals surface area contributed by atoms with Crippen molar-refractivity contribution in [2.75, 3.05) is 19.6 Å². The molecule has 1 aliphatic rings. The summed E-state index contributed by atoms with van der Waals surface area (Å²) in [6.07, 6.45) is 7.78. The molecule has 2 heterocycles. The number of aromatic nitrogens is 3. The molecule has 0 unspecified atom stereocenters. The van der Waals surface area contributed by atoms with Gasteiger partial charge in [-0.3, -0.25) is 4.99 Å². The molecule has 0 amide bonds. The number of rotatable bonds is 8. The Balaban J connectivity index is 1.46. The molecule has 0 spiro atoms. The predicted octanol–water partition coefficient (Wildman–Crippen LogP) is 3.35. The highest BCUT2D eigenvalue weighted by Crippen LogP contribution is 2.15. The van der Waals surface area contributed by atoms with Crippen LogP contribution in [-0.2, 0) is 25.8 Å². The van der Waals surface area contributed by atoms with E-state index < -0.39 is 0 Å². The minimum atomic E-state index is 0.793. The van der Waals surface area contributed by atoms with Gasteiger partial charge in [0.1, 0.15) is 11.6 Å². The van der Waals surface area contributed by atoms with Gasteiger partial charge in [0.25, 0.3) is 0 Å². The van der Waals surface area contributed by atoms with E-state index in [9.17, 15) is 0 Å². The van der Waals surface area contributed by atoms with Crippen molar-refractivity contribution in [3.05, 3.63) is 46.5 Å². The third-order valence-corrected chi connectivity index (χ3v) is 5.35. The average Bonchev–Trinajstić information content (AvgIpc) is 2.91. The van der Waals surface area contributed by atoms with Gasteiger partial charge in [-0.25, -0.2) is 0 Å². The number of aryl methyl sites for hydroxylation is 4. The molecule has 158 valence electrons. The van der Waals surface area contributed by atoms with Gasteiger partial charge in [0.15, 0.2) is 5.96 Å². The van der Waals surface area contributed by atoms with Crippen LogP contribution in [0, 0.1) is 13.8 Å². The zero-order valence-electron chi connectivity index (χ0n) is 18.3. The van der Waals surface area contributed by atoms with Gasteiger partial charge in [-0.2, -0.15) is 0 Å². The van der Waals surface area contributed by atoms with E-state index in [2.05, 4.69) is 64.4 Å². The summed E-state index contributed by atoms with van der Waals surface area (Å²) in [4.78, 5) is 4.75. The van der Waals surface area contributed by atoms with Crippen molar-refractivity contribution >= 4 is 5.96 Å². The summed E-state index contributed by atoms with van der Waals surface area (Å²) < 4.78 is 2.34. The fourth-order valence-electron chi connectivity index (χ4n) is 4.04. The molecule has 0 fully saturated rings. The maximum atomic E-state index is 4.75. The maximum absolute atomic E-state index is 4.75. The van der Waals surface area contributed by atoms with E-state index in [4.69, 9.17) is 4.99 Å². The highest BCUT2D eigenvalue weighted by atomic mass is 15.3. The number of hydrogen-bond acceptors (Lipinski definition) is 3. The van der Waals surface area contributed by atoms with Gasteiger partial charge in [0.05, 0.1) is 0 Å². The van der Waals surface area contributed by atoms with Crippen LogP contribution in [-0.4, -0.2) is 40.4 Å². The molecule has 6 heteroatoms. The quantitative estimate of drug-likeness (QED) is 0.408. The van der Waals surface area contributed by atoms with E-state index in [-0.39, 0.29) is 0 Å². The van der Waals surface area contributed by atoms with E-state index in [0.717, 1.165) is 63.6 Å². The summed E-state index contributed by atoms with van der Waals surface area (Å²) in [7, 11) is 0. The third kappa shape index (κ3) is 6.58. The van der Waals surface area contributed by atoms with Crippen LogP contribution in [0.2, 0.25) is 0 Å². The van der Waals surface area contributed by atoms with Crippen molar-refractivity contribution in [3.8, 4) is 0 Å². The van der Waals surface area contributed by atoms with Gasteiger partial charge < -0.3 is 15.2 Å². The normalized spacial score (nSPS) is 14.4. The van der Waals surface area contributed by atoms with E-state index >= 15 is 0 Å². The van der Waals surface area contributed by atoms with Crippen LogP contribution in [0.25, 0.3) is 0 Å². The fourth-order valence-corrected chi connectivity index (χ4v) is 4.04. The Morgan fingerprint density at radius 3 is 2.66 bits per heavy atom. The number of hydrogen-bond donors (Lipinski definition) is 2. The average molecular weight is 397 g/mol. The molecule has 0 aliphatic carbocycles. The topological polar surface area (TPSA) is 67.1 Å². The molecule has 2 N–H and O–H groups in total. The van der Waals surface area contributed by atoms with Crippen molar-refractivity contribution in [1.29, 1.82) is 0 Å². The molecule has 6 nitrogen and oxygen atoms in total. The highest BCUT2D eigenvalue weighted by Gasteiger charge is 2.14. The number of nitrogens with zero attached hydrogens (tertiary/aromatic N) is 4. The molecular formula is C23H36N6. The Morgan fingerprint density at radius 2 is 1.86 bits per heavy atom. The van der Waals surface area contributed by atoms with Crippen LogP contribution in [0.4, 0.5) is 0 Å². The molecule has 2 aromatic rings. The Hall–Kier alpha value is -2.37. The van der Waals surface area contributed by atoms with Crippen molar-refractivity contribution < 1.29 is 0 Å². The number of fused-ring (bicyclic) bond motifs is 1. The standard InChI is InChI=1S/C23H36N6/c1-4-24-23(26-13-11-20-16-18(2)15-19(3)17-20)25-12-8-10-22-28-27-21-9-6-5-7-14-29(21)22/h15-17H,4-14H2,1-3H3,(H2,24,25,26). The molecule has 29 heavy (non-hydrogen) atoms. The third-order valence-electron chi connectivity index (χ3n) is 5.35. The van der Waals surface area contributed by atoms with Gasteiger partial charge in [0.2, 0.25) is 0 Å². The van der Waals surface area contributed by atoms with E-state index in [1.807, 2.05) is 0 Å². The lowest BCUT2D eigenvalue weighted by Gasteiger charge is -2.12. The molecule has 1 aromatic heterocycles. The first-order valence-electron chi connectivity index (χ1n) is 11.2. The first-order chi connectivity index (χ1) is 14.2. The number of nitrogens with one attached hydrogen (secondary N) is 2. The van der Waals surface area contributed by atoms with Crippen LogP contribution >= 0.6 is 0 Å². The molecule has 0 atom stereocenters. The second kappa shape index (κ2) is 11.0. The summed E-state index contributed by atoms with van der Waals surface area (Å²) in [5.41, 5.74) is 4.03. The molecule has 1 aliphatic heterocycles. The monoisotopic (exact) mass is 396 g/mol. The SMILES string of the molecule is CCNC(=NCCCc1nnc2n1CCCCC2)NCCc1cc(C)cc(C)c1. The van der Waals surface area contributed by atoms with Crippen molar-refractivity contribution in [2.45, 2.75) is 72.3 Å². The lowest BCUT2D eigenvalue weighted by molar-refractivity contribution is 0.597. The molecular weight excluding hydrogens is 360 g/mol. The van der Waals surface area contributed by atoms with Crippen LogP contribution < -0.4 is 10.6 Å². The smallest absolute Gasteiger partial charge is 0.191 e. The van der Waals surface area contributed by atoms with Crippen LogP contribution in [0.1, 0.15) is 60.9 Å². The van der Waals surface area contributed by atoms with Crippen LogP contribution in [0.5, 0.6) is 0 Å². The molecule has 0 radical (unpaired) electrons. The summed E-state index contributed by atoms with van der Waals surface area (Å²) in [6.45, 7) is 10.0. The van der Waals surface area contributed by atoms with E-state index in [0.29, 0.717) is 0 Å². The van der Waals surface area contributed by atoms with Gasteiger partial charge in [-0.05, 0) is 52.0 Å². The van der Waals surface area contributed by atoms with Gasteiger partial charge in [-0.15, -0.1) is 10.2 Å². The molecule has 0 bridgehead atoms. The summed E-state index contributed by atoms with van der Waals surface area (Å²) in [6, 6.07) is 6.75. The Bertz CT molecular complexity index is 787. The minimum Gasteiger partial charge on any atom is -0.357 e. The van der Waals surface area contributed by atoms with E-state index in [1.165, 1.54) is 41.8 Å². The Kier molecular flexibility index (Phi) is 8.08. The van der Waals surface area contributed by atoms with Crippen molar-refractivity contribution in [2.24, 2.45) is 4.99 Å². The second-order valence-electron chi connectivity index (χ2n) is 8.03. The molecule has 0 saturated carbocycles. The summed E-state index contributed by atoms with van der Waals surface area (Å²) >= 11 is 0. The van der Waals surface area contributed by atoms with Gasteiger partial charge in [0, 0.05) is 39.0 Å². The minimum absolute atomic E-state index is 0.793. The van der Waals surface area contributed by atoms with Crippen LogP contribution in [0.15, 0.2) is 23.2 Å². The number of aliphatic imine (C=N–C) groups is 1. The first-order valence-corrected chi connectivity index (χ1v) is 11.2. The first kappa shape index (κ1) is 21.3. The highest BCUT2D eigenvalue weighted by molar-refractivity contribution is 5.79. The Labute approximate surface area is 175 Å². The van der Waals surface area contributed by atoms with Crippen LogP contribution in [0.3, 0.4) is 0 Å². The number of benzene rings is 1. The Morgan fingerprint density at radius 1 is 1.03 bits per heavy atom. The fraction of sp³-hybridized carbons (Fsp3) is 0.609. The zero-order chi connectivity index (χ0) is 20.5. The van der Waals surface area contributed by atoms with Crippen molar-refractivity contribution in [3.63, 3.8) is 0 Å². The molecule has 3 rings (SSSR count). The lowest BCUT2D eigenvalue weighted by Crippen LogP contribution is -2.38. The predicted molar refractivity (Wildman–Crippen MR) is 119 cm³/mol. The largest absolute Gasteiger partial charge is 0.357 e. The second-order valence-corrected chi connectivity index (χ2v) is 8.03. The van der Waals surface area contributed by atoms with Gasteiger partial charge in [-0.1, -0.05) is 35.7 Å². The maximum Gasteiger partial charge on any atom is 0.191 e. The molecule has 0 saturated heterocycles. The lowest BCUT2D eigenvalue weighted by atomic mass is 10.1. The molecule has 1 aromatic carbocycles.